The van der Waals surface area contributed by atoms with Gasteiger partial charge in [0.15, 0.2) is 0 Å². The van der Waals surface area contributed by atoms with Gasteiger partial charge in [-0.1, -0.05) is 0 Å². The number of nitrogens with zero attached hydrogens (tertiary/aromatic N) is 2. The van der Waals surface area contributed by atoms with Crippen LogP contribution >= 0.6 is 0 Å². The first-order chi connectivity index (χ1) is 10.2. The lowest BCUT2D eigenvalue weighted by molar-refractivity contribution is -0.139. The molecule has 0 aromatic heterocycles. The second-order valence-electron chi connectivity index (χ2n) is 5.26. The standard InChI is InChI=1S/C10H18N4O7S/c1-6(11)5-20-12-9(15)8-3-2-7-4-13(8)10(16)14(7)21-22(17,18)19/h6-8H,2-5,11H2,1H3,(H,12,15)(H,17,18,19)/t6-,7?,8?/m0/s1. The lowest BCUT2D eigenvalue weighted by atomic mass is 10.0. The average molecular weight is 338 g/mol. The number of hydrogen-bond donors (Lipinski definition) is 3. The molecule has 22 heavy (non-hydrogen) atoms. The van der Waals surface area contributed by atoms with Crippen LogP contribution in [0.15, 0.2) is 0 Å². The van der Waals surface area contributed by atoms with E-state index in [4.69, 9.17) is 15.1 Å². The molecular formula is C10H18N4O7S. The molecule has 0 aromatic carbocycles. The van der Waals surface area contributed by atoms with Crippen molar-refractivity contribution < 1.29 is 31.7 Å². The lowest BCUT2D eigenvalue weighted by Crippen LogP contribution is -2.50. The molecule has 2 saturated heterocycles. The topological polar surface area (TPSA) is 151 Å². The third kappa shape index (κ3) is 3.84. The summed E-state index contributed by atoms with van der Waals surface area (Å²) in [6.45, 7) is 1.94. The highest BCUT2D eigenvalue weighted by atomic mass is 32.3. The van der Waals surface area contributed by atoms with E-state index in [1.54, 1.807) is 6.92 Å². The largest absolute Gasteiger partial charge is 0.418 e. The number of fused-ring (bicyclic) bond motifs is 2. The fourth-order valence-corrected chi connectivity index (χ4v) is 2.80. The highest BCUT2D eigenvalue weighted by molar-refractivity contribution is 7.80. The lowest BCUT2D eigenvalue weighted by Gasteiger charge is -2.28. The Hall–Kier alpha value is -1.47. The number of carbonyl (C=O) groups excluding carboxylic acids is 2. The number of piperidine rings is 1. The summed E-state index contributed by atoms with van der Waals surface area (Å²) < 4.78 is 34.4. The quantitative estimate of drug-likeness (QED) is 0.386. The second kappa shape index (κ2) is 6.34. The van der Waals surface area contributed by atoms with Crippen LogP contribution in [0.2, 0.25) is 0 Å². The zero-order chi connectivity index (χ0) is 16.5. The number of hydrogen-bond acceptors (Lipinski definition) is 7. The first-order valence-electron chi connectivity index (χ1n) is 6.63. The highest BCUT2D eigenvalue weighted by Crippen LogP contribution is 2.30. The zero-order valence-corrected chi connectivity index (χ0v) is 12.7. The van der Waals surface area contributed by atoms with Gasteiger partial charge in [0.2, 0.25) is 0 Å². The molecule has 0 aromatic rings. The Morgan fingerprint density at radius 2 is 2.23 bits per heavy atom. The Morgan fingerprint density at radius 3 is 2.82 bits per heavy atom. The Kier molecular flexibility index (Phi) is 4.87. The van der Waals surface area contributed by atoms with Gasteiger partial charge in [0.05, 0.1) is 12.6 Å². The number of urea groups is 1. The zero-order valence-electron chi connectivity index (χ0n) is 11.8. The molecule has 0 spiro atoms. The van der Waals surface area contributed by atoms with Gasteiger partial charge in [-0.05, 0) is 19.8 Å². The molecule has 2 unspecified atom stereocenters. The molecule has 3 amide bonds. The highest BCUT2D eigenvalue weighted by Gasteiger charge is 2.49. The van der Waals surface area contributed by atoms with Crippen molar-refractivity contribution in [1.29, 1.82) is 0 Å². The first-order valence-corrected chi connectivity index (χ1v) is 7.99. The van der Waals surface area contributed by atoms with Gasteiger partial charge in [-0.2, -0.15) is 13.5 Å². The van der Waals surface area contributed by atoms with Crippen LogP contribution in [0.4, 0.5) is 4.79 Å². The van der Waals surface area contributed by atoms with Crippen molar-refractivity contribution in [1.82, 2.24) is 15.4 Å². The summed E-state index contributed by atoms with van der Waals surface area (Å²) in [4.78, 5) is 30.2. The van der Waals surface area contributed by atoms with Gasteiger partial charge < -0.3 is 10.6 Å². The van der Waals surface area contributed by atoms with Gasteiger partial charge >= 0.3 is 16.4 Å². The maximum atomic E-state index is 12.1. The molecule has 2 aliphatic heterocycles. The van der Waals surface area contributed by atoms with Crippen LogP contribution in [0, 0.1) is 0 Å². The summed E-state index contributed by atoms with van der Waals surface area (Å²) in [6, 6.07) is -2.40. The van der Waals surface area contributed by atoms with Crippen molar-refractivity contribution in [3.8, 4) is 0 Å². The maximum absolute atomic E-state index is 12.1. The number of amides is 3. The third-order valence-electron chi connectivity index (χ3n) is 3.32. The number of hydroxylamine groups is 3. The van der Waals surface area contributed by atoms with E-state index in [2.05, 4.69) is 9.76 Å². The molecule has 2 rings (SSSR count). The van der Waals surface area contributed by atoms with E-state index >= 15 is 0 Å². The Morgan fingerprint density at radius 1 is 1.55 bits per heavy atom. The molecule has 0 radical (unpaired) electrons. The minimum Gasteiger partial charge on any atom is -0.326 e. The van der Waals surface area contributed by atoms with E-state index in [0.29, 0.717) is 17.9 Å². The number of nitrogens with one attached hydrogen (secondary N) is 1. The maximum Gasteiger partial charge on any atom is 0.418 e. The predicted molar refractivity (Wildman–Crippen MR) is 71.1 cm³/mol. The molecular weight excluding hydrogens is 320 g/mol. The van der Waals surface area contributed by atoms with Crippen molar-refractivity contribution in [3.63, 3.8) is 0 Å². The van der Waals surface area contributed by atoms with Crippen LogP contribution < -0.4 is 11.2 Å². The van der Waals surface area contributed by atoms with Crippen molar-refractivity contribution in [2.45, 2.75) is 37.9 Å². The van der Waals surface area contributed by atoms with E-state index in [1.807, 2.05) is 0 Å². The monoisotopic (exact) mass is 338 g/mol. The van der Waals surface area contributed by atoms with E-state index < -0.39 is 34.4 Å². The Balaban J connectivity index is 1.98. The van der Waals surface area contributed by atoms with Gasteiger partial charge in [0.1, 0.15) is 6.04 Å². The van der Waals surface area contributed by atoms with Crippen LogP contribution in [-0.4, -0.2) is 66.1 Å². The van der Waals surface area contributed by atoms with Crippen molar-refractivity contribution in [3.05, 3.63) is 0 Å². The number of rotatable bonds is 6. The van der Waals surface area contributed by atoms with Gasteiger partial charge in [-0.3, -0.25) is 14.2 Å². The molecule has 11 nitrogen and oxygen atoms in total. The fourth-order valence-electron chi connectivity index (χ4n) is 2.42. The van der Waals surface area contributed by atoms with Gasteiger partial charge in [-0.15, -0.1) is 4.28 Å². The Bertz CT molecular complexity index is 551. The summed E-state index contributed by atoms with van der Waals surface area (Å²) in [5.41, 5.74) is 7.68. The molecule has 126 valence electrons. The van der Waals surface area contributed by atoms with Gasteiger partial charge in [-0.25, -0.2) is 10.3 Å². The second-order valence-corrected chi connectivity index (χ2v) is 6.27. The molecule has 4 N–H and O–H groups in total. The van der Waals surface area contributed by atoms with Crippen LogP contribution in [0.5, 0.6) is 0 Å². The SMILES string of the molecule is C[C@H](N)CONC(=O)C1CCC2CN1C(=O)N2OS(=O)(=O)O. The molecule has 2 fully saturated rings. The van der Waals surface area contributed by atoms with Crippen LogP contribution in [0.1, 0.15) is 19.8 Å². The predicted octanol–water partition coefficient (Wildman–Crippen LogP) is -1.62. The molecule has 0 aliphatic carbocycles. The number of carbonyl (C=O) groups is 2. The molecule has 3 atom stereocenters. The fraction of sp³-hybridized carbons (Fsp3) is 0.800. The third-order valence-corrected chi connectivity index (χ3v) is 3.67. The van der Waals surface area contributed by atoms with Gasteiger partial charge in [0, 0.05) is 12.6 Å². The smallest absolute Gasteiger partial charge is 0.326 e. The molecule has 2 bridgehead atoms. The van der Waals surface area contributed by atoms with Crippen LogP contribution in [0.25, 0.3) is 0 Å². The summed E-state index contributed by atoms with van der Waals surface area (Å²) in [6.07, 6.45) is 0.665. The Labute approximate surface area is 127 Å². The molecule has 0 saturated carbocycles. The van der Waals surface area contributed by atoms with Crippen molar-refractivity contribution in [2.24, 2.45) is 5.73 Å². The van der Waals surface area contributed by atoms with Crippen LogP contribution in [0.3, 0.4) is 0 Å². The van der Waals surface area contributed by atoms with Crippen molar-refractivity contribution >= 4 is 22.3 Å². The van der Waals surface area contributed by atoms with Crippen molar-refractivity contribution in [2.75, 3.05) is 13.2 Å². The molecule has 2 heterocycles. The minimum absolute atomic E-state index is 0.118. The summed E-state index contributed by atoms with van der Waals surface area (Å²) >= 11 is 0. The summed E-state index contributed by atoms with van der Waals surface area (Å²) in [5.74, 6) is -0.527. The van der Waals surface area contributed by atoms with E-state index in [9.17, 15) is 18.0 Å². The number of nitrogens with two attached hydrogens (primary N) is 1. The van der Waals surface area contributed by atoms with E-state index in [1.165, 1.54) is 4.90 Å². The first kappa shape index (κ1) is 16.9. The summed E-state index contributed by atoms with van der Waals surface area (Å²) in [7, 11) is -4.80. The minimum atomic E-state index is -4.80. The van der Waals surface area contributed by atoms with E-state index in [0.717, 1.165) is 0 Å². The van der Waals surface area contributed by atoms with Crippen LogP contribution in [-0.2, 0) is 24.3 Å². The van der Waals surface area contributed by atoms with E-state index in [-0.39, 0.29) is 19.2 Å². The summed E-state index contributed by atoms with van der Waals surface area (Å²) in [5, 5.41) is 0.575. The molecule has 12 heteroatoms. The normalized spacial score (nSPS) is 26.2. The average Bonchev–Trinajstić information content (AvgIpc) is 2.62. The van der Waals surface area contributed by atoms with Gasteiger partial charge in [0.25, 0.3) is 5.91 Å². The molecule has 2 aliphatic rings.